The lowest BCUT2D eigenvalue weighted by Crippen LogP contribution is -2.81. The highest BCUT2D eigenvalue weighted by Crippen LogP contribution is 2.55. The summed E-state index contributed by atoms with van der Waals surface area (Å²) in [7, 11) is 6.03. The van der Waals surface area contributed by atoms with Gasteiger partial charge < -0.3 is 20.9 Å². The summed E-state index contributed by atoms with van der Waals surface area (Å²) in [5.74, 6) is -9.69. The molecular weight excluding hydrogens is 442 g/mol. The SMILES string of the molecule is CN[C@@]12C(=O)C(C(N)=O)C(=O)[C@@H](N(C)C)C1[C@H](OC)C1C(C(=O)c3c(O)cccc3[C@@H]1C)C2=O. The molecule has 8 atom stereocenters. The average molecular weight is 472 g/mol. The Morgan fingerprint density at radius 3 is 2.35 bits per heavy atom. The third kappa shape index (κ3) is 2.82. The van der Waals surface area contributed by atoms with Gasteiger partial charge in [-0.3, -0.25) is 28.9 Å². The van der Waals surface area contributed by atoms with Gasteiger partial charge >= 0.3 is 0 Å². The molecule has 2 fully saturated rings. The van der Waals surface area contributed by atoms with E-state index in [0.29, 0.717) is 5.56 Å². The van der Waals surface area contributed by atoms with E-state index in [1.54, 1.807) is 31.1 Å². The van der Waals surface area contributed by atoms with Crippen molar-refractivity contribution in [2.24, 2.45) is 29.4 Å². The summed E-state index contributed by atoms with van der Waals surface area (Å²) >= 11 is 0. The number of primary amides is 1. The molecule has 4 unspecified atom stereocenters. The number of nitrogens with one attached hydrogen (secondary N) is 1. The van der Waals surface area contributed by atoms with Crippen molar-refractivity contribution in [3.05, 3.63) is 29.3 Å². The predicted molar refractivity (Wildman–Crippen MR) is 119 cm³/mol. The van der Waals surface area contributed by atoms with Gasteiger partial charge in [0.15, 0.2) is 29.1 Å². The normalized spacial score (nSPS) is 37.3. The third-order valence-electron chi connectivity index (χ3n) is 8.04. The van der Waals surface area contributed by atoms with Gasteiger partial charge in [0.2, 0.25) is 5.91 Å². The Kier molecular flexibility index (Phi) is 5.74. The van der Waals surface area contributed by atoms with Crippen molar-refractivity contribution in [3.63, 3.8) is 0 Å². The van der Waals surface area contributed by atoms with Crippen LogP contribution in [0.3, 0.4) is 0 Å². The minimum Gasteiger partial charge on any atom is -0.507 e. The maximum absolute atomic E-state index is 14.2. The van der Waals surface area contributed by atoms with Gasteiger partial charge in [-0.1, -0.05) is 19.1 Å². The van der Waals surface area contributed by atoms with Gasteiger partial charge in [0.1, 0.15) is 11.3 Å². The van der Waals surface area contributed by atoms with Gasteiger partial charge in [-0.2, -0.15) is 0 Å². The number of amides is 1. The second kappa shape index (κ2) is 8.07. The standard InChI is InChI=1S/C24H29N3O7/c1-9-10-7-6-8-11(28)13(10)18(29)14-12(9)20(34-5)16-17(27(3)4)19(30)15(23(25)33)22(32)24(16,26-2)21(14)31/h6-9,12,14-17,20,26,28H,1-5H3,(H2,25,33)/t9-,12?,14?,15?,16?,17-,20+,24-/m0/s1. The van der Waals surface area contributed by atoms with Crippen LogP contribution in [0.4, 0.5) is 0 Å². The highest BCUT2D eigenvalue weighted by Gasteiger charge is 2.73. The van der Waals surface area contributed by atoms with Crippen LogP contribution >= 0.6 is 0 Å². The van der Waals surface area contributed by atoms with E-state index in [1.807, 2.05) is 6.92 Å². The Morgan fingerprint density at radius 2 is 1.82 bits per heavy atom. The molecular formula is C24H29N3O7. The summed E-state index contributed by atoms with van der Waals surface area (Å²) in [6.07, 6.45) is -0.876. The molecule has 4 N–H and O–H groups in total. The molecule has 0 aromatic heterocycles. The first kappa shape index (κ1) is 24.2. The van der Waals surface area contributed by atoms with E-state index < -0.39 is 76.3 Å². The number of aromatic hydroxyl groups is 1. The molecule has 0 aliphatic heterocycles. The van der Waals surface area contributed by atoms with Crippen LogP contribution < -0.4 is 11.1 Å². The molecule has 1 aromatic carbocycles. The molecule has 1 aromatic rings. The first-order valence-electron chi connectivity index (χ1n) is 11.1. The number of hydrogen-bond donors (Lipinski definition) is 3. The number of rotatable bonds is 4. The van der Waals surface area contributed by atoms with Crippen LogP contribution in [0.15, 0.2) is 18.2 Å². The van der Waals surface area contributed by atoms with E-state index in [-0.39, 0.29) is 11.3 Å². The number of hydrogen-bond acceptors (Lipinski definition) is 9. The maximum atomic E-state index is 14.2. The predicted octanol–water partition coefficient (Wildman–Crippen LogP) is -0.720. The molecule has 1 amide bonds. The maximum Gasteiger partial charge on any atom is 0.235 e. The molecule has 0 radical (unpaired) electrons. The lowest BCUT2D eigenvalue weighted by molar-refractivity contribution is -0.175. The van der Waals surface area contributed by atoms with Gasteiger partial charge in [0, 0.05) is 18.9 Å². The summed E-state index contributed by atoms with van der Waals surface area (Å²) in [6.45, 7) is 1.83. The number of benzene rings is 1. The molecule has 2 saturated carbocycles. The van der Waals surface area contributed by atoms with Gasteiger partial charge in [-0.25, -0.2) is 0 Å². The Balaban J connectivity index is 2.03. The number of methoxy groups -OCH3 is 1. The second-order valence-corrected chi connectivity index (χ2v) is 9.61. The fourth-order valence-corrected chi connectivity index (χ4v) is 6.66. The lowest BCUT2D eigenvalue weighted by atomic mass is 9.48. The molecule has 182 valence electrons. The summed E-state index contributed by atoms with van der Waals surface area (Å²) in [5.41, 5.74) is 4.01. The number of fused-ring (bicyclic) bond motifs is 3. The Morgan fingerprint density at radius 1 is 1.18 bits per heavy atom. The highest BCUT2D eigenvalue weighted by molar-refractivity contribution is 6.33. The number of carbonyl (C=O) groups excluding carboxylic acids is 5. The number of nitrogens with two attached hydrogens (primary N) is 1. The molecule has 0 heterocycles. The molecule has 10 nitrogen and oxygen atoms in total. The molecule has 4 rings (SSSR count). The zero-order chi connectivity index (χ0) is 25.3. The molecule has 0 saturated heterocycles. The second-order valence-electron chi connectivity index (χ2n) is 9.61. The first-order valence-corrected chi connectivity index (χ1v) is 11.1. The zero-order valence-corrected chi connectivity index (χ0v) is 19.7. The Hall–Kier alpha value is -2.95. The van der Waals surface area contributed by atoms with Crippen LogP contribution in [-0.4, -0.2) is 85.0 Å². The van der Waals surface area contributed by atoms with Crippen molar-refractivity contribution in [1.82, 2.24) is 10.2 Å². The van der Waals surface area contributed by atoms with E-state index in [2.05, 4.69) is 5.32 Å². The molecule has 10 heteroatoms. The number of phenolic OH excluding ortho intramolecular Hbond substituents is 1. The molecule has 3 aliphatic carbocycles. The number of carbonyl (C=O) groups is 5. The van der Waals surface area contributed by atoms with Crippen molar-refractivity contribution in [2.45, 2.75) is 30.5 Å². The Labute approximate surface area is 196 Å². The van der Waals surface area contributed by atoms with Gasteiger partial charge in [0.05, 0.1) is 23.6 Å². The summed E-state index contributed by atoms with van der Waals surface area (Å²) in [6, 6.07) is 3.66. The van der Waals surface area contributed by atoms with Crippen LogP contribution in [0.1, 0.15) is 28.8 Å². The topological polar surface area (TPSA) is 156 Å². The van der Waals surface area contributed by atoms with Crippen molar-refractivity contribution in [1.29, 1.82) is 0 Å². The number of phenols is 1. The lowest BCUT2D eigenvalue weighted by Gasteiger charge is -2.58. The number of likely N-dealkylation sites (N-methyl/N-ethyl adjacent to an activating group) is 2. The summed E-state index contributed by atoms with van der Waals surface area (Å²) in [5, 5.41) is 13.3. The van der Waals surface area contributed by atoms with Crippen LogP contribution in [-0.2, 0) is 23.9 Å². The molecule has 34 heavy (non-hydrogen) atoms. The van der Waals surface area contributed by atoms with Crippen LogP contribution in [0, 0.1) is 23.7 Å². The Bertz CT molecular complexity index is 1120. The van der Waals surface area contributed by atoms with E-state index in [4.69, 9.17) is 10.5 Å². The van der Waals surface area contributed by atoms with Crippen LogP contribution in [0.25, 0.3) is 0 Å². The quantitative estimate of drug-likeness (QED) is 0.482. The molecule has 0 bridgehead atoms. The number of Topliss-reactive ketones (excluding diaryl/α,β-unsaturated/α-hetero) is 4. The number of ketones is 4. The molecule has 0 spiro atoms. The third-order valence-corrected chi connectivity index (χ3v) is 8.04. The van der Waals surface area contributed by atoms with E-state index in [0.717, 1.165) is 0 Å². The van der Waals surface area contributed by atoms with Gasteiger partial charge in [-0.15, -0.1) is 0 Å². The van der Waals surface area contributed by atoms with E-state index in [9.17, 15) is 29.1 Å². The van der Waals surface area contributed by atoms with E-state index in [1.165, 1.54) is 20.2 Å². The first-order chi connectivity index (χ1) is 16.0. The zero-order valence-electron chi connectivity index (χ0n) is 19.7. The highest BCUT2D eigenvalue weighted by atomic mass is 16.5. The van der Waals surface area contributed by atoms with Crippen molar-refractivity contribution in [3.8, 4) is 5.75 Å². The smallest absolute Gasteiger partial charge is 0.235 e. The monoisotopic (exact) mass is 471 g/mol. The van der Waals surface area contributed by atoms with Gasteiger partial charge in [-0.05, 0) is 38.7 Å². The minimum atomic E-state index is -2.05. The minimum absolute atomic E-state index is 0.0408. The average Bonchev–Trinajstić information content (AvgIpc) is 2.76. The fraction of sp³-hybridized carbons (Fsp3) is 0.542. The van der Waals surface area contributed by atoms with Gasteiger partial charge in [0.25, 0.3) is 0 Å². The number of nitrogens with zero attached hydrogens (tertiary/aromatic N) is 1. The fourth-order valence-electron chi connectivity index (χ4n) is 6.66. The van der Waals surface area contributed by atoms with Crippen molar-refractivity contribution < 1.29 is 33.8 Å². The molecule has 3 aliphatic rings. The van der Waals surface area contributed by atoms with Crippen LogP contribution in [0.2, 0.25) is 0 Å². The summed E-state index contributed by atoms with van der Waals surface area (Å²) in [4.78, 5) is 68.8. The van der Waals surface area contributed by atoms with Crippen molar-refractivity contribution in [2.75, 3.05) is 28.3 Å². The van der Waals surface area contributed by atoms with E-state index >= 15 is 0 Å². The summed E-state index contributed by atoms with van der Waals surface area (Å²) < 4.78 is 5.89. The largest absolute Gasteiger partial charge is 0.507 e. The van der Waals surface area contributed by atoms with Crippen molar-refractivity contribution >= 4 is 29.0 Å². The number of ether oxygens (including phenoxy) is 1. The van der Waals surface area contributed by atoms with Crippen LogP contribution in [0.5, 0.6) is 5.75 Å².